The second kappa shape index (κ2) is 11.8. The van der Waals surface area contributed by atoms with Gasteiger partial charge in [-0.2, -0.15) is 0 Å². The van der Waals surface area contributed by atoms with E-state index in [0.717, 1.165) is 32.1 Å². The molecule has 1 fully saturated rings. The molecule has 1 heterocycles. The third-order valence-corrected chi connectivity index (χ3v) is 5.96. The Labute approximate surface area is 207 Å². The molecule has 1 unspecified atom stereocenters. The van der Waals surface area contributed by atoms with Crippen LogP contribution in [-0.4, -0.2) is 46.3 Å². The maximum absolute atomic E-state index is 13.6. The number of aromatic nitrogens is 1. The molecule has 2 aromatic rings. The number of rotatable bonds is 7. The smallest absolute Gasteiger partial charge is 0.313 e. The van der Waals surface area contributed by atoms with Gasteiger partial charge in [0.25, 0.3) is 0 Å². The Bertz CT molecular complexity index is 996. The zero-order valence-electron chi connectivity index (χ0n) is 21.0. The van der Waals surface area contributed by atoms with Gasteiger partial charge in [0, 0.05) is 30.5 Å². The second-order valence-electron chi connectivity index (χ2n) is 10.0. The minimum atomic E-state index is -1.02. The van der Waals surface area contributed by atoms with Crippen molar-refractivity contribution in [1.82, 2.24) is 20.5 Å². The first-order valence-corrected chi connectivity index (χ1v) is 12.1. The monoisotopic (exact) mass is 480 g/mol. The van der Waals surface area contributed by atoms with Gasteiger partial charge in [-0.05, 0) is 62.9 Å². The van der Waals surface area contributed by atoms with Crippen molar-refractivity contribution in [3.8, 4) is 5.75 Å². The van der Waals surface area contributed by atoms with Crippen LogP contribution in [0.25, 0.3) is 0 Å². The number of nitrogens with zero attached hydrogens (tertiary/aromatic N) is 2. The fraction of sp³-hybridized carbons (Fsp3) is 0.481. The topological polar surface area (TPSA) is 101 Å². The molecule has 3 rings (SSSR count). The highest BCUT2D eigenvalue weighted by molar-refractivity contribution is 6.35. The highest BCUT2D eigenvalue weighted by atomic mass is 16.5. The number of amides is 3. The van der Waals surface area contributed by atoms with Gasteiger partial charge in [-0.25, -0.2) is 0 Å². The molecule has 1 saturated carbocycles. The van der Waals surface area contributed by atoms with Crippen LogP contribution >= 0.6 is 0 Å². The van der Waals surface area contributed by atoms with E-state index in [4.69, 9.17) is 4.74 Å². The van der Waals surface area contributed by atoms with Crippen LogP contribution in [0.1, 0.15) is 70.0 Å². The number of hydrogen-bond donors (Lipinski definition) is 2. The van der Waals surface area contributed by atoms with Crippen molar-refractivity contribution < 1.29 is 19.1 Å². The van der Waals surface area contributed by atoms with Crippen LogP contribution in [0.5, 0.6) is 5.75 Å². The maximum Gasteiger partial charge on any atom is 0.313 e. The average molecular weight is 481 g/mol. The molecule has 1 aromatic carbocycles. The molecule has 3 amide bonds. The van der Waals surface area contributed by atoms with Crippen LogP contribution in [0, 0.1) is 0 Å². The van der Waals surface area contributed by atoms with Gasteiger partial charge in [-0.3, -0.25) is 19.4 Å². The molecule has 8 nitrogen and oxygen atoms in total. The molecular formula is C27H36N4O4. The summed E-state index contributed by atoms with van der Waals surface area (Å²) in [6.07, 6.45) is 8.18. The van der Waals surface area contributed by atoms with E-state index >= 15 is 0 Å². The van der Waals surface area contributed by atoms with Crippen molar-refractivity contribution in [2.24, 2.45) is 0 Å². The number of benzene rings is 1. The molecule has 2 N–H and O–H groups in total. The zero-order chi connectivity index (χ0) is 25.4. The van der Waals surface area contributed by atoms with Crippen LogP contribution in [0.15, 0.2) is 48.8 Å². The van der Waals surface area contributed by atoms with Gasteiger partial charge in [0.1, 0.15) is 11.8 Å². The molecule has 188 valence electrons. The summed E-state index contributed by atoms with van der Waals surface area (Å²) in [5, 5.41) is 5.88. The molecular weight excluding hydrogens is 444 g/mol. The van der Waals surface area contributed by atoms with Gasteiger partial charge in [0.05, 0.1) is 7.11 Å². The number of hydrogen-bond acceptors (Lipinski definition) is 5. The number of carbonyl (C=O) groups excluding carboxylic acids is 3. The zero-order valence-corrected chi connectivity index (χ0v) is 21.0. The molecule has 1 atom stereocenters. The number of carbonyl (C=O) groups is 3. The minimum absolute atomic E-state index is 0.0247. The Kier molecular flexibility index (Phi) is 8.84. The van der Waals surface area contributed by atoms with Crippen LogP contribution in [0.4, 0.5) is 0 Å². The fourth-order valence-corrected chi connectivity index (χ4v) is 4.29. The van der Waals surface area contributed by atoms with Crippen molar-refractivity contribution in [3.63, 3.8) is 0 Å². The van der Waals surface area contributed by atoms with Gasteiger partial charge >= 0.3 is 11.8 Å². The maximum atomic E-state index is 13.6. The molecule has 35 heavy (non-hydrogen) atoms. The third kappa shape index (κ3) is 7.53. The van der Waals surface area contributed by atoms with Gasteiger partial charge in [0.15, 0.2) is 0 Å². The molecule has 1 aromatic heterocycles. The van der Waals surface area contributed by atoms with Crippen molar-refractivity contribution in [1.29, 1.82) is 0 Å². The highest BCUT2D eigenvalue weighted by Gasteiger charge is 2.36. The van der Waals surface area contributed by atoms with E-state index in [0.29, 0.717) is 16.9 Å². The quantitative estimate of drug-likeness (QED) is 0.591. The first-order valence-electron chi connectivity index (χ1n) is 12.1. The minimum Gasteiger partial charge on any atom is -0.497 e. The Morgan fingerprint density at radius 3 is 2.34 bits per heavy atom. The second-order valence-corrected chi connectivity index (χ2v) is 10.0. The van der Waals surface area contributed by atoms with E-state index in [1.165, 1.54) is 4.90 Å². The molecule has 0 aliphatic heterocycles. The van der Waals surface area contributed by atoms with Crippen molar-refractivity contribution in [2.75, 3.05) is 7.11 Å². The summed E-state index contributed by atoms with van der Waals surface area (Å²) in [4.78, 5) is 45.8. The summed E-state index contributed by atoms with van der Waals surface area (Å²) >= 11 is 0. The van der Waals surface area contributed by atoms with E-state index in [-0.39, 0.29) is 18.5 Å². The Morgan fingerprint density at radius 1 is 1.09 bits per heavy atom. The van der Waals surface area contributed by atoms with E-state index in [1.807, 2.05) is 26.8 Å². The van der Waals surface area contributed by atoms with Crippen LogP contribution in [0.3, 0.4) is 0 Å². The summed E-state index contributed by atoms with van der Waals surface area (Å²) in [6, 6.07) is 9.50. The molecule has 0 spiro atoms. The first-order chi connectivity index (χ1) is 16.7. The lowest BCUT2D eigenvalue weighted by Gasteiger charge is -2.34. The number of ether oxygens (including phenoxy) is 1. The van der Waals surface area contributed by atoms with Crippen LogP contribution in [-0.2, 0) is 20.9 Å². The lowest BCUT2D eigenvalue weighted by atomic mass is 9.95. The SMILES string of the molecule is COc1ccc(C(C(=O)NC(C)(C)C)N(Cc2cccnc2)C(=O)C(=O)NC2CCCCC2)cc1. The first kappa shape index (κ1) is 26.2. The van der Waals surface area contributed by atoms with Crippen LogP contribution in [0.2, 0.25) is 0 Å². The van der Waals surface area contributed by atoms with E-state index in [2.05, 4.69) is 15.6 Å². The van der Waals surface area contributed by atoms with E-state index < -0.39 is 23.4 Å². The van der Waals surface area contributed by atoms with Crippen molar-refractivity contribution in [2.45, 2.75) is 77.0 Å². The number of methoxy groups -OCH3 is 1. The third-order valence-electron chi connectivity index (χ3n) is 5.96. The Balaban J connectivity index is 1.98. The Hall–Kier alpha value is -3.42. The lowest BCUT2D eigenvalue weighted by molar-refractivity contribution is -0.151. The largest absolute Gasteiger partial charge is 0.497 e. The molecule has 0 saturated heterocycles. The standard InChI is InChI=1S/C27H36N4O4/c1-27(2,3)30-24(32)23(20-12-14-22(35-4)15-13-20)31(18-19-9-8-16-28-17-19)26(34)25(33)29-21-10-6-5-7-11-21/h8-9,12-17,21,23H,5-7,10-11,18H2,1-4H3,(H,29,33)(H,30,32). The fourth-order valence-electron chi connectivity index (χ4n) is 4.29. The van der Waals surface area contributed by atoms with Gasteiger partial charge in [-0.1, -0.05) is 37.5 Å². The molecule has 1 aliphatic carbocycles. The average Bonchev–Trinajstić information content (AvgIpc) is 2.83. The number of pyridine rings is 1. The van der Waals surface area contributed by atoms with E-state index in [1.54, 1.807) is 49.8 Å². The van der Waals surface area contributed by atoms with Gasteiger partial charge < -0.3 is 20.3 Å². The summed E-state index contributed by atoms with van der Waals surface area (Å²) in [6.45, 7) is 5.68. The van der Waals surface area contributed by atoms with Crippen molar-refractivity contribution >= 4 is 17.7 Å². The van der Waals surface area contributed by atoms with Crippen LogP contribution < -0.4 is 15.4 Å². The lowest BCUT2D eigenvalue weighted by Crippen LogP contribution is -2.53. The van der Waals surface area contributed by atoms with E-state index in [9.17, 15) is 14.4 Å². The summed E-state index contributed by atoms with van der Waals surface area (Å²) in [5.74, 6) is -1.18. The van der Waals surface area contributed by atoms with Crippen molar-refractivity contribution in [3.05, 3.63) is 59.9 Å². The number of nitrogens with one attached hydrogen (secondary N) is 2. The summed E-state index contributed by atoms with van der Waals surface area (Å²) < 4.78 is 5.26. The normalized spacial score (nSPS) is 15.1. The van der Waals surface area contributed by atoms with Gasteiger partial charge in [0.2, 0.25) is 5.91 Å². The predicted octanol–water partition coefficient (Wildman–Crippen LogP) is 3.52. The molecule has 1 aliphatic rings. The van der Waals surface area contributed by atoms with Gasteiger partial charge in [-0.15, -0.1) is 0 Å². The summed E-state index contributed by atoms with van der Waals surface area (Å²) in [5.41, 5.74) is 0.762. The predicted molar refractivity (Wildman–Crippen MR) is 133 cm³/mol. The molecule has 0 bridgehead atoms. The summed E-state index contributed by atoms with van der Waals surface area (Å²) in [7, 11) is 1.56. The Morgan fingerprint density at radius 2 is 1.77 bits per heavy atom. The molecule has 0 radical (unpaired) electrons. The highest BCUT2D eigenvalue weighted by Crippen LogP contribution is 2.27. The molecule has 8 heteroatoms.